The Morgan fingerprint density at radius 3 is 2.78 bits per heavy atom. The van der Waals surface area contributed by atoms with Gasteiger partial charge in [-0.1, -0.05) is 0 Å². The topological polar surface area (TPSA) is 92.0 Å². The largest absolute Gasteiger partial charge is 0.481 e. The standard InChI is InChI=1S/C19H26FN5O2/c1-12-3-9-25(12)18-16(20)17(22-14(23-18)2-7-21)24-8-4-13(11-24)19(5-6-19)10-15(26)27/h2,7,12-13,21-22H,3-6,8-11H2,1H3,(H,26,27)/b14-2+,21-7?/t12-,13-/m0/s1. The number of rotatable bonds is 5. The Morgan fingerprint density at radius 2 is 2.22 bits per heavy atom. The second-order valence-corrected chi connectivity index (χ2v) is 8.14. The van der Waals surface area contributed by atoms with Crippen molar-refractivity contribution in [2.75, 3.05) is 19.6 Å². The molecule has 146 valence electrons. The van der Waals surface area contributed by atoms with E-state index in [4.69, 9.17) is 5.41 Å². The minimum Gasteiger partial charge on any atom is -0.481 e. The summed E-state index contributed by atoms with van der Waals surface area (Å²) in [6.07, 6.45) is 6.66. The molecule has 0 aromatic rings. The molecule has 0 aromatic heterocycles. The summed E-state index contributed by atoms with van der Waals surface area (Å²) >= 11 is 0. The van der Waals surface area contributed by atoms with Crippen molar-refractivity contribution in [3.05, 3.63) is 23.5 Å². The van der Waals surface area contributed by atoms with Crippen LogP contribution in [0.2, 0.25) is 0 Å². The van der Waals surface area contributed by atoms with Crippen molar-refractivity contribution < 1.29 is 14.3 Å². The van der Waals surface area contributed by atoms with Crippen LogP contribution in [0.4, 0.5) is 4.39 Å². The SMILES string of the molecule is C[C@H]1CCN1C1=N/C(=C/C=N)NC(N2CC[C@H](C3(CC(=O)O)CC3)C2)=C1F. The number of likely N-dealkylation sites (tertiary alicyclic amines) is 2. The zero-order chi connectivity index (χ0) is 19.2. The number of allylic oxidation sites excluding steroid dienone is 1. The Bertz CT molecular complexity index is 755. The monoisotopic (exact) mass is 375 g/mol. The van der Waals surface area contributed by atoms with Gasteiger partial charge in [0.15, 0.2) is 5.84 Å². The first-order valence-corrected chi connectivity index (χ1v) is 9.63. The Balaban J connectivity index is 1.56. The minimum atomic E-state index is -0.746. The maximum absolute atomic E-state index is 15.3. The van der Waals surface area contributed by atoms with E-state index in [2.05, 4.69) is 17.2 Å². The van der Waals surface area contributed by atoms with Gasteiger partial charge >= 0.3 is 5.97 Å². The quantitative estimate of drug-likeness (QED) is 0.641. The molecular formula is C19H26FN5O2. The van der Waals surface area contributed by atoms with Crippen LogP contribution in [0, 0.1) is 16.7 Å². The number of halogens is 1. The van der Waals surface area contributed by atoms with E-state index in [-0.39, 0.29) is 29.6 Å². The number of hydrogen-bond acceptors (Lipinski definition) is 6. The first-order chi connectivity index (χ1) is 12.9. The van der Waals surface area contributed by atoms with E-state index in [0.29, 0.717) is 30.6 Å². The lowest BCUT2D eigenvalue weighted by Crippen LogP contribution is -2.51. The zero-order valence-electron chi connectivity index (χ0n) is 15.5. The minimum absolute atomic E-state index is 0.108. The molecule has 0 amide bonds. The van der Waals surface area contributed by atoms with Crippen LogP contribution in [-0.4, -0.2) is 58.6 Å². The highest BCUT2D eigenvalue weighted by Crippen LogP contribution is 2.57. The fourth-order valence-corrected chi connectivity index (χ4v) is 4.52. The maximum Gasteiger partial charge on any atom is 0.303 e. The number of carbonyl (C=O) groups is 1. The zero-order valence-corrected chi connectivity index (χ0v) is 15.5. The summed E-state index contributed by atoms with van der Waals surface area (Å²) in [6, 6.07) is 0.256. The molecule has 2 saturated heterocycles. The Kier molecular flexibility index (Phi) is 4.44. The first-order valence-electron chi connectivity index (χ1n) is 9.63. The van der Waals surface area contributed by atoms with E-state index < -0.39 is 5.97 Å². The van der Waals surface area contributed by atoms with E-state index in [9.17, 15) is 9.90 Å². The molecular weight excluding hydrogens is 349 g/mol. The van der Waals surface area contributed by atoms with Gasteiger partial charge in [-0.25, -0.2) is 4.99 Å². The summed E-state index contributed by atoms with van der Waals surface area (Å²) < 4.78 is 15.3. The molecule has 1 aliphatic carbocycles. The van der Waals surface area contributed by atoms with Gasteiger partial charge in [-0.05, 0) is 50.0 Å². The molecule has 3 heterocycles. The molecule has 3 fully saturated rings. The third-order valence-corrected chi connectivity index (χ3v) is 6.48. The molecule has 1 saturated carbocycles. The van der Waals surface area contributed by atoms with Crippen molar-refractivity contribution >= 4 is 18.0 Å². The molecule has 0 aromatic carbocycles. The van der Waals surface area contributed by atoms with Crippen molar-refractivity contribution in [3.8, 4) is 0 Å². The van der Waals surface area contributed by atoms with Gasteiger partial charge in [-0.3, -0.25) is 4.79 Å². The Morgan fingerprint density at radius 1 is 1.44 bits per heavy atom. The molecule has 0 spiro atoms. The lowest BCUT2D eigenvalue weighted by atomic mass is 9.85. The molecule has 4 aliphatic rings. The van der Waals surface area contributed by atoms with Crippen molar-refractivity contribution in [2.45, 2.75) is 45.1 Å². The van der Waals surface area contributed by atoms with E-state index in [1.807, 2.05) is 9.80 Å². The molecule has 4 rings (SSSR count). The molecule has 27 heavy (non-hydrogen) atoms. The van der Waals surface area contributed by atoms with Gasteiger partial charge in [-0.2, -0.15) is 4.39 Å². The van der Waals surface area contributed by atoms with Crippen LogP contribution in [0.15, 0.2) is 28.5 Å². The van der Waals surface area contributed by atoms with Crippen LogP contribution in [-0.2, 0) is 4.79 Å². The highest BCUT2D eigenvalue weighted by Gasteiger charge is 2.52. The van der Waals surface area contributed by atoms with Crippen molar-refractivity contribution in [3.63, 3.8) is 0 Å². The number of nitrogens with one attached hydrogen (secondary N) is 2. The van der Waals surface area contributed by atoms with Gasteiger partial charge < -0.3 is 25.6 Å². The fourth-order valence-electron chi connectivity index (χ4n) is 4.52. The van der Waals surface area contributed by atoms with Crippen LogP contribution in [0.3, 0.4) is 0 Å². The lowest BCUT2D eigenvalue weighted by Gasteiger charge is -2.42. The highest BCUT2D eigenvalue weighted by atomic mass is 19.1. The number of aliphatic carboxylic acids is 1. The van der Waals surface area contributed by atoms with E-state index in [1.54, 1.807) is 0 Å². The predicted molar refractivity (Wildman–Crippen MR) is 100.0 cm³/mol. The number of hydrogen-bond donors (Lipinski definition) is 3. The molecule has 2 atom stereocenters. The van der Waals surface area contributed by atoms with Gasteiger partial charge in [0.2, 0.25) is 5.83 Å². The van der Waals surface area contributed by atoms with Crippen molar-refractivity contribution in [1.82, 2.24) is 15.1 Å². The second kappa shape index (κ2) is 6.65. The lowest BCUT2D eigenvalue weighted by molar-refractivity contribution is -0.138. The van der Waals surface area contributed by atoms with Crippen molar-refractivity contribution in [1.29, 1.82) is 5.41 Å². The van der Waals surface area contributed by atoms with Crippen LogP contribution in [0.25, 0.3) is 0 Å². The molecule has 3 aliphatic heterocycles. The van der Waals surface area contributed by atoms with Gasteiger partial charge in [0.1, 0.15) is 11.6 Å². The number of carboxylic acids is 1. The first kappa shape index (κ1) is 18.0. The molecule has 0 bridgehead atoms. The van der Waals surface area contributed by atoms with Gasteiger partial charge in [0.05, 0.1) is 6.42 Å². The third kappa shape index (κ3) is 3.21. The Labute approximate surface area is 158 Å². The number of nitrogens with zero attached hydrogens (tertiary/aromatic N) is 3. The third-order valence-electron chi connectivity index (χ3n) is 6.48. The maximum atomic E-state index is 15.3. The van der Waals surface area contributed by atoms with E-state index >= 15 is 4.39 Å². The van der Waals surface area contributed by atoms with Crippen LogP contribution < -0.4 is 5.32 Å². The average Bonchev–Trinajstić information content (AvgIpc) is 3.20. The normalized spacial score (nSPS) is 30.7. The predicted octanol–water partition coefficient (Wildman–Crippen LogP) is 2.29. The number of amidine groups is 1. The van der Waals surface area contributed by atoms with E-state index in [1.165, 1.54) is 6.08 Å². The van der Waals surface area contributed by atoms with Crippen molar-refractivity contribution in [2.24, 2.45) is 16.3 Å². The number of carboxylic acid groups (broad SMARTS) is 1. The average molecular weight is 375 g/mol. The summed E-state index contributed by atoms with van der Waals surface area (Å²) in [4.78, 5) is 19.5. The van der Waals surface area contributed by atoms with Gasteiger partial charge in [-0.15, -0.1) is 0 Å². The van der Waals surface area contributed by atoms with Crippen LogP contribution >= 0.6 is 0 Å². The molecule has 8 heteroatoms. The molecule has 0 radical (unpaired) electrons. The summed E-state index contributed by atoms with van der Waals surface area (Å²) in [6.45, 7) is 4.19. The fraction of sp³-hybridized carbons (Fsp3) is 0.632. The summed E-state index contributed by atoms with van der Waals surface area (Å²) in [5.74, 6) is 0.380. The van der Waals surface area contributed by atoms with Crippen LogP contribution in [0.1, 0.15) is 39.0 Å². The van der Waals surface area contributed by atoms with Gasteiger partial charge in [0, 0.05) is 31.9 Å². The summed E-state index contributed by atoms with van der Waals surface area (Å²) in [7, 11) is 0. The molecule has 0 unspecified atom stereocenters. The molecule has 7 nitrogen and oxygen atoms in total. The van der Waals surface area contributed by atoms with Gasteiger partial charge in [0.25, 0.3) is 0 Å². The van der Waals surface area contributed by atoms with E-state index in [0.717, 1.165) is 38.4 Å². The summed E-state index contributed by atoms with van der Waals surface area (Å²) in [5.41, 5.74) is -0.108. The summed E-state index contributed by atoms with van der Waals surface area (Å²) in [5, 5.41) is 19.6. The second-order valence-electron chi connectivity index (χ2n) is 8.14. The highest BCUT2D eigenvalue weighted by molar-refractivity contribution is 5.99. The number of aliphatic imine (C=N–C) groups is 1. The molecule has 3 N–H and O–H groups in total. The van der Waals surface area contributed by atoms with Crippen LogP contribution in [0.5, 0.6) is 0 Å². The Hall–Kier alpha value is -2.38. The smallest absolute Gasteiger partial charge is 0.303 e.